The van der Waals surface area contributed by atoms with Gasteiger partial charge in [-0.1, -0.05) is 11.6 Å². The molecule has 0 N–H and O–H groups in total. The number of ether oxygens (including phenoxy) is 1. The van der Waals surface area contributed by atoms with Crippen LogP contribution in [0.2, 0.25) is 5.02 Å². The van der Waals surface area contributed by atoms with E-state index in [1.165, 1.54) is 0 Å². The second-order valence-electron chi connectivity index (χ2n) is 3.53. The molecule has 90 valence electrons. The van der Waals surface area contributed by atoms with Crippen LogP contribution in [0.4, 0.5) is 5.69 Å². The summed E-state index contributed by atoms with van der Waals surface area (Å²) in [6, 6.07) is 5.77. The molecule has 0 aliphatic carbocycles. The number of halogens is 2. The first-order chi connectivity index (χ1) is 7.69. The number of likely N-dealkylation sites (N-methyl/N-ethyl adjacent to an activating group) is 1. The Morgan fingerprint density at radius 1 is 1.38 bits per heavy atom. The summed E-state index contributed by atoms with van der Waals surface area (Å²) < 4.78 is 5.32. The van der Waals surface area contributed by atoms with Crippen molar-refractivity contribution in [1.82, 2.24) is 0 Å². The van der Waals surface area contributed by atoms with Crippen LogP contribution in [0.5, 0.6) is 0 Å². The van der Waals surface area contributed by atoms with Gasteiger partial charge in [-0.05, 0) is 30.7 Å². The van der Waals surface area contributed by atoms with Gasteiger partial charge in [0.15, 0.2) is 0 Å². The molecule has 0 radical (unpaired) electrons. The third-order valence-corrected chi connectivity index (χ3v) is 2.89. The number of alkyl halides is 1. The maximum atomic E-state index is 5.93. The quantitative estimate of drug-likeness (QED) is 0.574. The van der Waals surface area contributed by atoms with Crippen LogP contribution in [0, 0.1) is 0 Å². The summed E-state index contributed by atoms with van der Waals surface area (Å²) in [6.45, 7) is 4.31. The van der Waals surface area contributed by atoms with Crippen LogP contribution < -0.4 is 4.90 Å². The molecule has 2 nitrogen and oxygen atoms in total. The number of nitrogens with zero attached hydrogens (tertiary/aromatic N) is 1. The molecule has 0 saturated heterocycles. The minimum Gasteiger partial charge on any atom is -0.380 e. The van der Waals surface area contributed by atoms with Gasteiger partial charge in [-0.3, -0.25) is 0 Å². The van der Waals surface area contributed by atoms with E-state index in [1.54, 1.807) is 0 Å². The predicted octanol–water partition coefficient (Wildman–Crippen LogP) is 3.55. The zero-order valence-corrected chi connectivity index (χ0v) is 11.2. The van der Waals surface area contributed by atoms with Crippen molar-refractivity contribution in [3.8, 4) is 0 Å². The Labute approximate surface area is 107 Å². The van der Waals surface area contributed by atoms with Crippen LogP contribution in [-0.4, -0.2) is 26.8 Å². The average molecular weight is 262 g/mol. The highest BCUT2D eigenvalue weighted by molar-refractivity contribution is 6.30. The summed E-state index contributed by atoms with van der Waals surface area (Å²) in [7, 11) is 2.03. The van der Waals surface area contributed by atoms with Gasteiger partial charge in [-0.25, -0.2) is 0 Å². The third-order valence-electron chi connectivity index (χ3n) is 2.37. The second kappa shape index (κ2) is 7.00. The fraction of sp³-hybridized carbons (Fsp3) is 0.500. The highest BCUT2D eigenvalue weighted by Crippen LogP contribution is 2.24. The standard InChI is InChI=1S/C12H17Cl2NO/c1-3-16-7-6-15(2)12-5-4-11(14)8-10(12)9-13/h4-5,8H,3,6-7,9H2,1-2H3. The number of benzene rings is 1. The Kier molecular flexibility index (Phi) is 5.96. The fourth-order valence-electron chi connectivity index (χ4n) is 1.50. The topological polar surface area (TPSA) is 12.5 Å². The van der Waals surface area contributed by atoms with Gasteiger partial charge in [0, 0.05) is 36.8 Å². The molecular weight excluding hydrogens is 245 g/mol. The lowest BCUT2D eigenvalue weighted by Crippen LogP contribution is -2.23. The van der Waals surface area contributed by atoms with Crippen molar-refractivity contribution in [2.45, 2.75) is 12.8 Å². The van der Waals surface area contributed by atoms with Crippen LogP contribution in [0.3, 0.4) is 0 Å². The van der Waals surface area contributed by atoms with Crippen molar-refractivity contribution < 1.29 is 4.74 Å². The van der Waals surface area contributed by atoms with Crippen LogP contribution in [0.25, 0.3) is 0 Å². The zero-order valence-electron chi connectivity index (χ0n) is 9.67. The van der Waals surface area contributed by atoms with Crippen LogP contribution in [0.15, 0.2) is 18.2 Å². The van der Waals surface area contributed by atoms with Crippen molar-refractivity contribution in [2.75, 3.05) is 31.7 Å². The molecule has 0 unspecified atom stereocenters. The van der Waals surface area contributed by atoms with Crippen LogP contribution in [0.1, 0.15) is 12.5 Å². The van der Waals surface area contributed by atoms with E-state index in [9.17, 15) is 0 Å². The van der Waals surface area contributed by atoms with Gasteiger partial charge in [0.05, 0.1) is 6.61 Å². The first kappa shape index (κ1) is 13.6. The fourth-order valence-corrected chi connectivity index (χ4v) is 1.91. The Morgan fingerprint density at radius 2 is 2.12 bits per heavy atom. The lowest BCUT2D eigenvalue weighted by atomic mass is 10.2. The number of rotatable bonds is 6. The Hall–Kier alpha value is -0.440. The van der Waals surface area contributed by atoms with E-state index in [0.29, 0.717) is 5.88 Å². The molecule has 1 aromatic carbocycles. The molecule has 0 bridgehead atoms. The largest absolute Gasteiger partial charge is 0.380 e. The van der Waals surface area contributed by atoms with E-state index in [-0.39, 0.29) is 0 Å². The number of hydrogen-bond acceptors (Lipinski definition) is 2. The summed E-state index contributed by atoms with van der Waals surface area (Å²) >= 11 is 11.8. The van der Waals surface area contributed by atoms with Gasteiger partial charge in [0.1, 0.15) is 0 Å². The molecule has 0 aliphatic heterocycles. The Morgan fingerprint density at radius 3 is 2.75 bits per heavy atom. The lowest BCUT2D eigenvalue weighted by Gasteiger charge is -2.21. The van der Waals surface area contributed by atoms with Crippen molar-refractivity contribution in [3.63, 3.8) is 0 Å². The minimum atomic E-state index is 0.467. The Balaban J connectivity index is 2.70. The maximum absolute atomic E-state index is 5.93. The smallest absolute Gasteiger partial charge is 0.0641 e. The first-order valence-corrected chi connectivity index (χ1v) is 6.23. The van der Waals surface area contributed by atoms with E-state index in [0.717, 1.165) is 36.0 Å². The molecule has 0 atom stereocenters. The SMILES string of the molecule is CCOCCN(C)c1ccc(Cl)cc1CCl. The molecule has 16 heavy (non-hydrogen) atoms. The van der Waals surface area contributed by atoms with E-state index >= 15 is 0 Å². The maximum Gasteiger partial charge on any atom is 0.0641 e. The zero-order chi connectivity index (χ0) is 12.0. The highest BCUT2D eigenvalue weighted by Gasteiger charge is 2.07. The summed E-state index contributed by atoms with van der Waals surface area (Å²) in [5, 5.41) is 0.720. The van der Waals surface area contributed by atoms with Gasteiger partial charge >= 0.3 is 0 Å². The summed E-state index contributed by atoms with van der Waals surface area (Å²) in [5.74, 6) is 0.467. The Bertz CT molecular complexity index is 331. The van der Waals surface area contributed by atoms with Crippen molar-refractivity contribution >= 4 is 28.9 Å². The van der Waals surface area contributed by atoms with Gasteiger partial charge in [0.2, 0.25) is 0 Å². The molecule has 0 fully saturated rings. The first-order valence-electron chi connectivity index (χ1n) is 5.32. The lowest BCUT2D eigenvalue weighted by molar-refractivity contribution is 0.154. The van der Waals surface area contributed by atoms with E-state index < -0.39 is 0 Å². The molecule has 0 aromatic heterocycles. The molecule has 1 rings (SSSR count). The predicted molar refractivity (Wildman–Crippen MR) is 70.8 cm³/mol. The van der Waals surface area contributed by atoms with Crippen LogP contribution in [-0.2, 0) is 10.6 Å². The molecule has 0 spiro atoms. The molecule has 0 saturated carbocycles. The highest BCUT2D eigenvalue weighted by atomic mass is 35.5. The molecule has 0 amide bonds. The third kappa shape index (κ3) is 3.85. The van der Waals surface area contributed by atoms with Gasteiger partial charge in [-0.2, -0.15) is 0 Å². The van der Waals surface area contributed by atoms with E-state index in [1.807, 2.05) is 32.2 Å². The normalized spacial score (nSPS) is 10.5. The molecule has 0 heterocycles. The second-order valence-corrected chi connectivity index (χ2v) is 4.23. The van der Waals surface area contributed by atoms with Crippen molar-refractivity contribution in [2.24, 2.45) is 0 Å². The van der Waals surface area contributed by atoms with Crippen molar-refractivity contribution in [3.05, 3.63) is 28.8 Å². The van der Waals surface area contributed by atoms with Crippen LogP contribution >= 0.6 is 23.2 Å². The van der Waals surface area contributed by atoms with E-state index in [2.05, 4.69) is 4.90 Å². The number of hydrogen-bond donors (Lipinski definition) is 0. The summed E-state index contributed by atoms with van der Waals surface area (Å²) in [4.78, 5) is 2.13. The summed E-state index contributed by atoms with van der Waals surface area (Å²) in [6.07, 6.45) is 0. The van der Waals surface area contributed by atoms with Crippen molar-refractivity contribution in [1.29, 1.82) is 0 Å². The molecule has 4 heteroatoms. The van der Waals surface area contributed by atoms with Gasteiger partial charge < -0.3 is 9.64 Å². The monoisotopic (exact) mass is 261 g/mol. The molecule has 0 aliphatic rings. The number of anilines is 1. The van der Waals surface area contributed by atoms with E-state index in [4.69, 9.17) is 27.9 Å². The molecule has 1 aromatic rings. The average Bonchev–Trinajstić information content (AvgIpc) is 2.29. The summed E-state index contributed by atoms with van der Waals surface area (Å²) in [5.41, 5.74) is 2.16. The molecular formula is C12H17Cl2NO. The van der Waals surface area contributed by atoms with Gasteiger partial charge in [0.25, 0.3) is 0 Å². The van der Waals surface area contributed by atoms with Gasteiger partial charge in [-0.15, -0.1) is 11.6 Å². The minimum absolute atomic E-state index is 0.467.